The highest BCUT2D eigenvalue weighted by atomic mass is 19.1. The standard InChI is InChI=1S/C23H23FN2O2/c1-3-5-6-19-14-26-21(15-25-19)17-8-10-18(11-9-17)23(27)28-22-12-7-16(4-2)13-20(22)24/h7-15H,3-6H2,1-2H3. The van der Waals surface area contributed by atoms with Gasteiger partial charge in [-0.05, 0) is 49.1 Å². The first-order valence-corrected chi connectivity index (χ1v) is 9.52. The summed E-state index contributed by atoms with van der Waals surface area (Å²) in [5.41, 5.74) is 3.76. The van der Waals surface area contributed by atoms with E-state index < -0.39 is 11.8 Å². The zero-order valence-corrected chi connectivity index (χ0v) is 16.1. The van der Waals surface area contributed by atoms with Gasteiger partial charge in [-0.15, -0.1) is 0 Å². The number of benzene rings is 2. The van der Waals surface area contributed by atoms with E-state index in [4.69, 9.17) is 4.74 Å². The molecule has 5 heteroatoms. The van der Waals surface area contributed by atoms with Crippen molar-refractivity contribution in [1.29, 1.82) is 0 Å². The van der Waals surface area contributed by atoms with Crippen LogP contribution in [0.4, 0.5) is 4.39 Å². The van der Waals surface area contributed by atoms with Gasteiger partial charge in [-0.2, -0.15) is 0 Å². The van der Waals surface area contributed by atoms with E-state index in [1.54, 1.807) is 42.7 Å². The number of carbonyl (C=O) groups is 1. The fraction of sp³-hybridized carbons (Fsp3) is 0.261. The van der Waals surface area contributed by atoms with E-state index in [0.29, 0.717) is 5.56 Å². The van der Waals surface area contributed by atoms with Gasteiger partial charge in [0.2, 0.25) is 0 Å². The third-order valence-corrected chi connectivity index (χ3v) is 4.52. The van der Waals surface area contributed by atoms with Gasteiger partial charge in [-0.25, -0.2) is 9.18 Å². The first-order chi connectivity index (χ1) is 13.6. The van der Waals surface area contributed by atoms with Crippen LogP contribution in [0.3, 0.4) is 0 Å². The van der Waals surface area contributed by atoms with Crippen LogP contribution in [-0.4, -0.2) is 15.9 Å². The van der Waals surface area contributed by atoms with Crippen LogP contribution in [0, 0.1) is 5.82 Å². The Morgan fingerprint density at radius 3 is 2.43 bits per heavy atom. The molecule has 0 saturated carbocycles. The molecule has 0 spiro atoms. The van der Waals surface area contributed by atoms with Crippen molar-refractivity contribution in [1.82, 2.24) is 9.97 Å². The van der Waals surface area contributed by atoms with E-state index in [0.717, 1.165) is 48.2 Å². The van der Waals surface area contributed by atoms with Crippen molar-refractivity contribution < 1.29 is 13.9 Å². The van der Waals surface area contributed by atoms with Crippen molar-refractivity contribution in [2.24, 2.45) is 0 Å². The fourth-order valence-electron chi connectivity index (χ4n) is 2.77. The van der Waals surface area contributed by atoms with Crippen LogP contribution >= 0.6 is 0 Å². The molecular weight excluding hydrogens is 355 g/mol. The molecule has 0 fully saturated rings. The molecule has 0 aliphatic heterocycles. The quantitative estimate of drug-likeness (QED) is 0.408. The lowest BCUT2D eigenvalue weighted by Gasteiger charge is -2.07. The van der Waals surface area contributed by atoms with Crippen LogP contribution in [0.15, 0.2) is 54.9 Å². The lowest BCUT2D eigenvalue weighted by molar-refractivity contribution is 0.0728. The first kappa shape index (κ1) is 19.7. The molecule has 1 heterocycles. The summed E-state index contributed by atoms with van der Waals surface area (Å²) in [5, 5.41) is 0. The highest BCUT2D eigenvalue weighted by Crippen LogP contribution is 2.21. The number of unbranched alkanes of at least 4 members (excludes halogenated alkanes) is 1. The van der Waals surface area contributed by atoms with Crippen LogP contribution in [0.25, 0.3) is 11.3 Å². The Morgan fingerprint density at radius 1 is 1.04 bits per heavy atom. The molecular formula is C23H23FN2O2. The number of aryl methyl sites for hydroxylation is 2. The number of carbonyl (C=O) groups excluding carboxylic acids is 1. The molecule has 0 saturated heterocycles. The summed E-state index contributed by atoms with van der Waals surface area (Å²) in [5.74, 6) is -1.21. The topological polar surface area (TPSA) is 52.1 Å². The van der Waals surface area contributed by atoms with Crippen molar-refractivity contribution in [2.45, 2.75) is 39.5 Å². The highest BCUT2D eigenvalue weighted by Gasteiger charge is 2.13. The molecule has 144 valence electrons. The van der Waals surface area contributed by atoms with Crippen LogP contribution in [0.1, 0.15) is 48.3 Å². The van der Waals surface area contributed by atoms with Gasteiger partial charge < -0.3 is 4.74 Å². The van der Waals surface area contributed by atoms with E-state index in [1.165, 1.54) is 12.1 Å². The van der Waals surface area contributed by atoms with Crippen LogP contribution in [-0.2, 0) is 12.8 Å². The monoisotopic (exact) mass is 378 g/mol. The predicted molar refractivity (Wildman–Crippen MR) is 107 cm³/mol. The average molecular weight is 378 g/mol. The normalized spacial score (nSPS) is 10.7. The molecule has 0 aliphatic carbocycles. The number of esters is 1. The lowest BCUT2D eigenvalue weighted by atomic mass is 10.1. The second kappa shape index (κ2) is 9.22. The Balaban J connectivity index is 1.69. The van der Waals surface area contributed by atoms with E-state index in [9.17, 15) is 9.18 Å². The van der Waals surface area contributed by atoms with Gasteiger partial charge in [-0.1, -0.05) is 38.5 Å². The molecule has 0 atom stereocenters. The molecule has 3 aromatic rings. The molecule has 1 aromatic heterocycles. The molecule has 0 unspecified atom stereocenters. The molecule has 0 N–H and O–H groups in total. The molecule has 0 amide bonds. The number of halogens is 1. The summed E-state index contributed by atoms with van der Waals surface area (Å²) < 4.78 is 19.2. The Bertz CT molecular complexity index is 938. The largest absolute Gasteiger partial charge is 0.420 e. The highest BCUT2D eigenvalue weighted by molar-refractivity contribution is 5.91. The number of aromatic nitrogens is 2. The summed E-state index contributed by atoms with van der Waals surface area (Å²) >= 11 is 0. The second-order valence-electron chi connectivity index (χ2n) is 6.58. The van der Waals surface area contributed by atoms with Crippen molar-refractivity contribution in [3.05, 3.63) is 77.5 Å². The summed E-state index contributed by atoms with van der Waals surface area (Å²) in [6, 6.07) is 11.5. The van der Waals surface area contributed by atoms with Gasteiger partial charge in [0.1, 0.15) is 0 Å². The van der Waals surface area contributed by atoms with Gasteiger partial charge in [0, 0.05) is 11.8 Å². The maximum Gasteiger partial charge on any atom is 0.343 e. The third-order valence-electron chi connectivity index (χ3n) is 4.52. The predicted octanol–water partition coefficient (Wildman–Crippen LogP) is 5.41. The zero-order valence-electron chi connectivity index (χ0n) is 16.1. The number of nitrogens with zero attached hydrogens (tertiary/aromatic N) is 2. The Labute approximate surface area is 164 Å². The fourth-order valence-corrected chi connectivity index (χ4v) is 2.77. The summed E-state index contributed by atoms with van der Waals surface area (Å²) in [6.07, 6.45) is 7.37. The van der Waals surface area contributed by atoms with Crippen LogP contribution in [0.2, 0.25) is 0 Å². The zero-order chi connectivity index (χ0) is 19.9. The van der Waals surface area contributed by atoms with E-state index in [2.05, 4.69) is 16.9 Å². The van der Waals surface area contributed by atoms with Crippen molar-refractivity contribution in [2.75, 3.05) is 0 Å². The van der Waals surface area contributed by atoms with Crippen molar-refractivity contribution in [3.8, 4) is 17.0 Å². The van der Waals surface area contributed by atoms with Gasteiger partial charge in [-0.3, -0.25) is 9.97 Å². The molecule has 4 nitrogen and oxygen atoms in total. The van der Waals surface area contributed by atoms with Gasteiger partial charge in [0.05, 0.1) is 23.1 Å². The maximum absolute atomic E-state index is 14.0. The minimum absolute atomic E-state index is 0.0696. The Hall–Kier alpha value is -3.08. The molecule has 0 bridgehead atoms. The minimum Gasteiger partial charge on any atom is -0.420 e. The molecule has 0 aliphatic rings. The number of ether oxygens (including phenoxy) is 1. The van der Waals surface area contributed by atoms with Gasteiger partial charge >= 0.3 is 5.97 Å². The number of rotatable bonds is 7. The third kappa shape index (κ3) is 4.80. The molecule has 28 heavy (non-hydrogen) atoms. The maximum atomic E-state index is 14.0. The lowest BCUT2D eigenvalue weighted by Crippen LogP contribution is -2.09. The number of hydrogen-bond donors (Lipinski definition) is 0. The Kier molecular flexibility index (Phi) is 6.48. The number of hydrogen-bond acceptors (Lipinski definition) is 4. The molecule has 0 radical (unpaired) electrons. The summed E-state index contributed by atoms with van der Waals surface area (Å²) in [4.78, 5) is 21.2. The minimum atomic E-state index is -0.601. The van der Waals surface area contributed by atoms with Gasteiger partial charge in [0.15, 0.2) is 11.6 Å². The van der Waals surface area contributed by atoms with Crippen molar-refractivity contribution >= 4 is 5.97 Å². The van der Waals surface area contributed by atoms with E-state index in [1.807, 2.05) is 6.92 Å². The molecule has 3 rings (SSSR count). The molecule has 2 aromatic carbocycles. The summed E-state index contributed by atoms with van der Waals surface area (Å²) in [6.45, 7) is 4.08. The SMILES string of the molecule is CCCCc1cnc(-c2ccc(C(=O)Oc3ccc(CC)cc3F)cc2)cn1. The first-order valence-electron chi connectivity index (χ1n) is 9.52. The smallest absolute Gasteiger partial charge is 0.343 e. The van der Waals surface area contributed by atoms with E-state index >= 15 is 0 Å². The summed E-state index contributed by atoms with van der Waals surface area (Å²) in [7, 11) is 0. The van der Waals surface area contributed by atoms with Crippen LogP contribution in [0.5, 0.6) is 5.75 Å². The Morgan fingerprint density at radius 2 is 1.82 bits per heavy atom. The average Bonchev–Trinajstić information content (AvgIpc) is 2.74. The van der Waals surface area contributed by atoms with Crippen molar-refractivity contribution in [3.63, 3.8) is 0 Å². The van der Waals surface area contributed by atoms with Gasteiger partial charge in [0.25, 0.3) is 0 Å². The van der Waals surface area contributed by atoms with Crippen LogP contribution < -0.4 is 4.74 Å². The second-order valence-corrected chi connectivity index (χ2v) is 6.58. The van der Waals surface area contributed by atoms with E-state index in [-0.39, 0.29) is 5.75 Å².